The number of hydrogen-bond donors (Lipinski definition) is 1. The molecule has 120 valence electrons. The van der Waals surface area contributed by atoms with E-state index < -0.39 is 5.97 Å². The van der Waals surface area contributed by atoms with E-state index in [1.165, 1.54) is 12.4 Å². The zero-order chi connectivity index (χ0) is 16.8. The van der Waals surface area contributed by atoms with Gasteiger partial charge in [-0.25, -0.2) is 20.2 Å². The predicted molar refractivity (Wildman–Crippen MR) is 90.4 cm³/mol. The molecule has 1 heterocycles. The summed E-state index contributed by atoms with van der Waals surface area (Å²) in [6.45, 7) is 3.73. The summed E-state index contributed by atoms with van der Waals surface area (Å²) in [5, 5.41) is 5.04. The number of nitrogens with one attached hydrogen (secondary N) is 1. The minimum absolute atomic E-state index is 0.261. The summed E-state index contributed by atoms with van der Waals surface area (Å²) in [6, 6.07) is 5.08. The Kier molecular flexibility index (Phi) is 5.90. The molecule has 0 aliphatic rings. The summed E-state index contributed by atoms with van der Waals surface area (Å²) in [7, 11) is 0. The van der Waals surface area contributed by atoms with E-state index in [-0.39, 0.29) is 5.95 Å². The van der Waals surface area contributed by atoms with Crippen molar-refractivity contribution < 1.29 is 9.53 Å². The van der Waals surface area contributed by atoms with Crippen molar-refractivity contribution >= 4 is 41.3 Å². The summed E-state index contributed by atoms with van der Waals surface area (Å²) in [5.74, 6) is -0.190. The number of aromatic nitrogens is 2. The van der Waals surface area contributed by atoms with Gasteiger partial charge in [0.15, 0.2) is 0 Å². The fourth-order valence-corrected chi connectivity index (χ4v) is 2.15. The average molecular weight is 353 g/mol. The van der Waals surface area contributed by atoms with Crippen LogP contribution in [0.4, 0.5) is 5.95 Å². The van der Waals surface area contributed by atoms with E-state index in [0.717, 1.165) is 0 Å². The molecule has 0 unspecified atom stereocenters. The fourth-order valence-electron chi connectivity index (χ4n) is 1.70. The van der Waals surface area contributed by atoms with Gasteiger partial charge in [-0.15, -0.1) is 0 Å². The monoisotopic (exact) mass is 352 g/mol. The van der Waals surface area contributed by atoms with Gasteiger partial charge in [0.25, 0.3) is 0 Å². The second kappa shape index (κ2) is 7.89. The smallest absolute Gasteiger partial charge is 0.341 e. The van der Waals surface area contributed by atoms with Crippen LogP contribution >= 0.6 is 23.2 Å². The number of aryl methyl sites for hydroxylation is 1. The molecule has 0 fully saturated rings. The van der Waals surface area contributed by atoms with E-state index in [0.29, 0.717) is 33.5 Å². The molecular weight excluding hydrogens is 339 g/mol. The summed E-state index contributed by atoms with van der Waals surface area (Å²) >= 11 is 11.9. The topological polar surface area (TPSA) is 76.5 Å². The Bertz CT molecular complexity index is 750. The van der Waals surface area contributed by atoms with Crippen molar-refractivity contribution in [2.75, 3.05) is 12.0 Å². The lowest BCUT2D eigenvalue weighted by atomic mass is 10.2. The number of esters is 1. The minimum Gasteiger partial charge on any atom is -0.462 e. The van der Waals surface area contributed by atoms with Crippen molar-refractivity contribution in [3.05, 3.63) is 51.3 Å². The van der Waals surface area contributed by atoms with E-state index >= 15 is 0 Å². The van der Waals surface area contributed by atoms with Gasteiger partial charge >= 0.3 is 5.97 Å². The minimum atomic E-state index is -0.451. The van der Waals surface area contributed by atoms with E-state index in [1.54, 1.807) is 32.0 Å². The quantitative estimate of drug-likeness (QED) is 0.504. The fraction of sp³-hybridized carbons (Fsp3) is 0.200. The molecule has 0 atom stereocenters. The third kappa shape index (κ3) is 4.64. The number of hydrazone groups is 1. The van der Waals surface area contributed by atoms with Crippen LogP contribution in [0.2, 0.25) is 10.0 Å². The summed E-state index contributed by atoms with van der Waals surface area (Å²) < 4.78 is 4.92. The maximum atomic E-state index is 11.7. The normalized spacial score (nSPS) is 10.8. The lowest BCUT2D eigenvalue weighted by Gasteiger charge is -2.05. The van der Waals surface area contributed by atoms with Crippen LogP contribution < -0.4 is 5.43 Å². The van der Waals surface area contributed by atoms with Gasteiger partial charge in [0.1, 0.15) is 0 Å². The molecule has 1 aromatic carbocycles. The first-order valence-electron chi connectivity index (χ1n) is 6.76. The molecule has 0 aliphatic carbocycles. The molecule has 6 nitrogen and oxygen atoms in total. The number of anilines is 1. The van der Waals surface area contributed by atoms with E-state index in [4.69, 9.17) is 27.9 Å². The van der Waals surface area contributed by atoms with Crippen molar-refractivity contribution in [2.45, 2.75) is 13.8 Å². The Hall–Kier alpha value is -2.18. The molecule has 1 aromatic heterocycles. The van der Waals surface area contributed by atoms with Crippen LogP contribution in [0.5, 0.6) is 0 Å². The van der Waals surface area contributed by atoms with Crippen molar-refractivity contribution in [1.82, 2.24) is 9.97 Å². The molecule has 0 spiro atoms. The Balaban J connectivity index is 2.07. The predicted octanol–water partition coefficient (Wildman–Crippen LogP) is 3.71. The largest absolute Gasteiger partial charge is 0.462 e. The number of carbonyl (C=O) groups is 1. The van der Waals surface area contributed by atoms with Gasteiger partial charge in [0, 0.05) is 16.8 Å². The Labute approximate surface area is 143 Å². The first kappa shape index (κ1) is 17.2. The van der Waals surface area contributed by atoms with E-state index in [9.17, 15) is 4.79 Å². The standard InChI is InChI=1S/C15H14Cl2N4O2/c1-3-23-14(22)12-8-18-15(20-9(12)2)21-19-7-10-4-5-11(16)6-13(10)17/h4-8H,3H2,1-2H3,(H,18,20,21)/b19-7+. The van der Waals surface area contributed by atoms with Crippen LogP contribution in [-0.2, 0) is 4.74 Å². The van der Waals surface area contributed by atoms with Crippen LogP contribution in [-0.4, -0.2) is 28.8 Å². The van der Waals surface area contributed by atoms with Crippen molar-refractivity contribution in [3.63, 3.8) is 0 Å². The van der Waals surface area contributed by atoms with Crippen molar-refractivity contribution in [3.8, 4) is 0 Å². The lowest BCUT2D eigenvalue weighted by molar-refractivity contribution is 0.0524. The number of rotatable bonds is 5. The lowest BCUT2D eigenvalue weighted by Crippen LogP contribution is -2.10. The molecule has 2 rings (SSSR count). The Morgan fingerprint density at radius 3 is 2.87 bits per heavy atom. The summed E-state index contributed by atoms with van der Waals surface area (Å²) in [6.07, 6.45) is 2.92. The average Bonchev–Trinajstić information content (AvgIpc) is 2.50. The Morgan fingerprint density at radius 1 is 1.43 bits per heavy atom. The van der Waals surface area contributed by atoms with Crippen molar-refractivity contribution in [1.29, 1.82) is 0 Å². The van der Waals surface area contributed by atoms with Crippen LogP contribution in [0.1, 0.15) is 28.5 Å². The SMILES string of the molecule is CCOC(=O)c1cnc(N/N=C/c2ccc(Cl)cc2Cl)nc1C. The van der Waals surface area contributed by atoms with Gasteiger partial charge in [-0.2, -0.15) is 5.10 Å². The highest BCUT2D eigenvalue weighted by Gasteiger charge is 2.12. The third-order valence-electron chi connectivity index (χ3n) is 2.81. The zero-order valence-corrected chi connectivity index (χ0v) is 14.0. The van der Waals surface area contributed by atoms with Gasteiger partial charge in [0.2, 0.25) is 5.95 Å². The maximum absolute atomic E-state index is 11.7. The molecular formula is C15H14Cl2N4O2. The third-order valence-corrected chi connectivity index (χ3v) is 3.37. The second-order valence-electron chi connectivity index (χ2n) is 4.45. The molecule has 0 amide bonds. The molecule has 1 N–H and O–H groups in total. The van der Waals surface area contributed by atoms with E-state index in [1.807, 2.05) is 0 Å². The van der Waals surface area contributed by atoms with Gasteiger partial charge in [-0.1, -0.05) is 29.3 Å². The highest BCUT2D eigenvalue weighted by Crippen LogP contribution is 2.19. The molecule has 0 radical (unpaired) electrons. The first-order valence-corrected chi connectivity index (χ1v) is 7.51. The first-order chi connectivity index (χ1) is 11.0. The van der Waals surface area contributed by atoms with Crippen LogP contribution in [0.3, 0.4) is 0 Å². The van der Waals surface area contributed by atoms with Crippen molar-refractivity contribution in [2.24, 2.45) is 5.10 Å². The maximum Gasteiger partial charge on any atom is 0.341 e. The van der Waals surface area contributed by atoms with Crippen LogP contribution in [0.15, 0.2) is 29.5 Å². The molecule has 0 saturated carbocycles. The number of carbonyl (C=O) groups excluding carboxylic acids is 1. The summed E-state index contributed by atoms with van der Waals surface area (Å²) in [5.41, 5.74) is 4.20. The van der Waals surface area contributed by atoms with Gasteiger partial charge in [-0.05, 0) is 26.0 Å². The molecule has 0 bridgehead atoms. The highest BCUT2D eigenvalue weighted by molar-refractivity contribution is 6.36. The Morgan fingerprint density at radius 2 is 2.22 bits per heavy atom. The van der Waals surface area contributed by atoms with Gasteiger partial charge < -0.3 is 4.74 Å². The zero-order valence-electron chi connectivity index (χ0n) is 12.5. The molecule has 0 saturated heterocycles. The highest BCUT2D eigenvalue weighted by atomic mass is 35.5. The van der Waals surface area contributed by atoms with Crippen LogP contribution in [0.25, 0.3) is 0 Å². The second-order valence-corrected chi connectivity index (χ2v) is 5.29. The molecule has 23 heavy (non-hydrogen) atoms. The van der Waals surface area contributed by atoms with Gasteiger partial charge in [0.05, 0.1) is 29.1 Å². The number of hydrogen-bond acceptors (Lipinski definition) is 6. The van der Waals surface area contributed by atoms with Gasteiger partial charge in [-0.3, -0.25) is 0 Å². The molecule has 2 aromatic rings. The van der Waals surface area contributed by atoms with Crippen LogP contribution in [0, 0.1) is 6.92 Å². The molecule has 0 aliphatic heterocycles. The number of ether oxygens (including phenoxy) is 1. The number of nitrogens with zero attached hydrogens (tertiary/aromatic N) is 3. The number of halogens is 2. The number of benzene rings is 1. The summed E-state index contributed by atoms with van der Waals surface area (Å²) in [4.78, 5) is 19.8. The molecule has 8 heteroatoms. The van der Waals surface area contributed by atoms with E-state index in [2.05, 4.69) is 20.5 Å².